The molecule has 34 heavy (non-hydrogen) atoms. The van der Waals surface area contributed by atoms with E-state index < -0.39 is 5.82 Å². The molecule has 0 atom stereocenters. The van der Waals surface area contributed by atoms with E-state index in [-0.39, 0.29) is 30.3 Å². The first-order valence-corrected chi connectivity index (χ1v) is 10.9. The first-order valence-electron chi connectivity index (χ1n) is 10.9. The van der Waals surface area contributed by atoms with Crippen LogP contribution in [0, 0.1) is 5.82 Å². The van der Waals surface area contributed by atoms with Gasteiger partial charge in [0.2, 0.25) is 11.8 Å². The molecule has 3 aromatic heterocycles. The number of carbonyl (C=O) groups excluding carboxylic acids is 2. The minimum atomic E-state index is -0.408. The topological polar surface area (TPSA) is 129 Å². The summed E-state index contributed by atoms with van der Waals surface area (Å²) in [6.07, 6.45) is 6.03. The second kappa shape index (κ2) is 8.93. The molecule has 0 aliphatic carbocycles. The van der Waals surface area contributed by atoms with Gasteiger partial charge in [-0.15, -0.1) is 0 Å². The third-order valence-electron chi connectivity index (χ3n) is 5.75. The number of halogens is 1. The average molecular weight is 463 g/mol. The quantitative estimate of drug-likeness (QED) is 0.375. The van der Waals surface area contributed by atoms with E-state index in [4.69, 9.17) is 4.42 Å². The van der Waals surface area contributed by atoms with Crippen molar-refractivity contribution in [2.24, 2.45) is 0 Å². The second-order valence-corrected chi connectivity index (χ2v) is 8.01. The number of likely N-dealkylation sites (tertiary alicyclic amines) is 1. The highest BCUT2D eigenvalue weighted by Gasteiger charge is 2.22. The van der Waals surface area contributed by atoms with Crippen LogP contribution in [0.1, 0.15) is 29.1 Å². The summed E-state index contributed by atoms with van der Waals surface area (Å²) in [4.78, 5) is 42.4. The third kappa shape index (κ3) is 4.32. The van der Waals surface area contributed by atoms with Gasteiger partial charge in [0.25, 0.3) is 5.91 Å². The molecule has 1 aliphatic rings. The van der Waals surface area contributed by atoms with Crippen LogP contribution in [0.2, 0.25) is 0 Å². The Bertz CT molecular complexity index is 1390. The molecule has 0 saturated carbocycles. The number of piperidine rings is 1. The van der Waals surface area contributed by atoms with Crippen molar-refractivity contribution in [3.05, 3.63) is 60.5 Å². The number of rotatable bonds is 6. The number of fused-ring (bicyclic) bond motifs is 2. The van der Waals surface area contributed by atoms with Gasteiger partial charge in [0, 0.05) is 31.4 Å². The second-order valence-electron chi connectivity index (χ2n) is 8.01. The van der Waals surface area contributed by atoms with Gasteiger partial charge in [-0.2, -0.15) is 0 Å². The Morgan fingerprint density at radius 3 is 2.91 bits per heavy atom. The molecule has 10 nitrogen and oxygen atoms in total. The zero-order valence-electron chi connectivity index (χ0n) is 18.2. The van der Waals surface area contributed by atoms with Crippen LogP contribution < -0.4 is 10.6 Å². The molecular formula is C23H22FN7O3. The van der Waals surface area contributed by atoms with E-state index in [1.54, 1.807) is 17.3 Å². The molecule has 2 amide bonds. The van der Waals surface area contributed by atoms with Crippen LogP contribution in [0.15, 0.2) is 47.7 Å². The zero-order chi connectivity index (χ0) is 23.7. The van der Waals surface area contributed by atoms with Crippen molar-refractivity contribution in [3.63, 3.8) is 0 Å². The standard InChI is InChI=1S/C23H22FN7O3/c1-2-20(32)31-7-5-14(6-8-31)28-18-11-26-22-21(30-18)15(10-25-22)23(33)27-12-19-29-16-9-13(24)3-4-17(16)34-19/h2-4,9-11,14H,1,5-8,12H2,(H,25,26)(H,27,33)(H,28,30). The molecule has 0 unspecified atom stereocenters. The van der Waals surface area contributed by atoms with Crippen LogP contribution in [-0.2, 0) is 11.3 Å². The summed E-state index contributed by atoms with van der Waals surface area (Å²) in [6, 6.07) is 4.19. The summed E-state index contributed by atoms with van der Waals surface area (Å²) in [5.41, 5.74) is 2.08. The smallest absolute Gasteiger partial charge is 0.255 e. The van der Waals surface area contributed by atoms with E-state index >= 15 is 0 Å². The molecule has 3 N–H and O–H groups in total. The molecular weight excluding hydrogens is 441 g/mol. The number of aromatic amines is 1. The Morgan fingerprint density at radius 2 is 2.12 bits per heavy atom. The lowest BCUT2D eigenvalue weighted by molar-refractivity contribution is -0.126. The Balaban J connectivity index is 1.25. The summed E-state index contributed by atoms with van der Waals surface area (Å²) >= 11 is 0. The molecule has 0 radical (unpaired) electrons. The largest absolute Gasteiger partial charge is 0.439 e. The van der Waals surface area contributed by atoms with Crippen LogP contribution in [0.25, 0.3) is 22.3 Å². The van der Waals surface area contributed by atoms with Gasteiger partial charge in [0.05, 0.1) is 18.3 Å². The van der Waals surface area contributed by atoms with Crippen molar-refractivity contribution >= 4 is 39.9 Å². The third-order valence-corrected chi connectivity index (χ3v) is 5.75. The lowest BCUT2D eigenvalue weighted by atomic mass is 10.1. The number of nitrogens with one attached hydrogen (secondary N) is 3. The van der Waals surface area contributed by atoms with E-state index in [0.29, 0.717) is 46.7 Å². The summed E-state index contributed by atoms with van der Waals surface area (Å²) in [5, 5.41) is 6.09. The first-order chi connectivity index (χ1) is 16.5. The fourth-order valence-electron chi connectivity index (χ4n) is 3.99. The maximum atomic E-state index is 13.3. The molecule has 5 rings (SSSR count). The van der Waals surface area contributed by atoms with Gasteiger partial charge in [-0.05, 0) is 31.1 Å². The SMILES string of the molecule is C=CC(=O)N1CCC(Nc2cnc3[nH]cc(C(=O)NCc4nc5cc(F)ccc5o4)c3n2)CC1. The van der Waals surface area contributed by atoms with Gasteiger partial charge in [0.15, 0.2) is 11.2 Å². The predicted molar refractivity (Wildman–Crippen MR) is 122 cm³/mol. The van der Waals surface area contributed by atoms with Gasteiger partial charge in [-0.3, -0.25) is 9.59 Å². The van der Waals surface area contributed by atoms with Crippen molar-refractivity contribution < 1.29 is 18.4 Å². The zero-order valence-corrected chi connectivity index (χ0v) is 18.2. The maximum absolute atomic E-state index is 13.3. The number of nitrogens with zero attached hydrogens (tertiary/aromatic N) is 4. The van der Waals surface area contributed by atoms with Crippen LogP contribution in [0.3, 0.4) is 0 Å². The molecule has 1 aromatic carbocycles. The number of H-pyrrole nitrogens is 1. The average Bonchev–Trinajstić information content (AvgIpc) is 3.45. The summed E-state index contributed by atoms with van der Waals surface area (Å²) in [5.74, 6) is -0.0249. The Kier molecular flexibility index (Phi) is 5.66. The monoisotopic (exact) mass is 463 g/mol. The van der Waals surface area contributed by atoms with Crippen LogP contribution >= 0.6 is 0 Å². The maximum Gasteiger partial charge on any atom is 0.255 e. The van der Waals surface area contributed by atoms with E-state index in [1.807, 2.05) is 0 Å². The molecule has 0 bridgehead atoms. The molecule has 1 fully saturated rings. The number of oxazole rings is 1. The lowest BCUT2D eigenvalue weighted by Crippen LogP contribution is -2.41. The number of hydrogen-bond acceptors (Lipinski definition) is 7. The van der Waals surface area contributed by atoms with Crippen molar-refractivity contribution in [2.75, 3.05) is 18.4 Å². The molecule has 11 heteroatoms. The number of aromatic nitrogens is 4. The Morgan fingerprint density at radius 1 is 1.29 bits per heavy atom. The van der Waals surface area contributed by atoms with E-state index in [9.17, 15) is 14.0 Å². The van der Waals surface area contributed by atoms with Gasteiger partial charge in [-0.1, -0.05) is 6.58 Å². The highest BCUT2D eigenvalue weighted by molar-refractivity contribution is 6.04. The van der Waals surface area contributed by atoms with Gasteiger partial charge in [0.1, 0.15) is 22.7 Å². The fourth-order valence-corrected chi connectivity index (χ4v) is 3.99. The van der Waals surface area contributed by atoms with E-state index in [2.05, 4.69) is 37.1 Å². The molecule has 1 saturated heterocycles. The minimum Gasteiger partial charge on any atom is -0.439 e. The number of benzene rings is 1. The van der Waals surface area contributed by atoms with Gasteiger partial charge >= 0.3 is 0 Å². The minimum absolute atomic E-state index is 0.0369. The molecule has 1 aliphatic heterocycles. The van der Waals surface area contributed by atoms with Crippen LogP contribution in [-0.4, -0.2) is 55.8 Å². The predicted octanol–water partition coefficient (Wildman–Crippen LogP) is 2.76. The summed E-state index contributed by atoms with van der Waals surface area (Å²) in [7, 11) is 0. The summed E-state index contributed by atoms with van der Waals surface area (Å²) in [6.45, 7) is 4.84. The van der Waals surface area contributed by atoms with Crippen molar-refractivity contribution in [3.8, 4) is 0 Å². The molecule has 0 spiro atoms. The van der Waals surface area contributed by atoms with Crippen molar-refractivity contribution in [1.29, 1.82) is 0 Å². The first kappa shape index (κ1) is 21.6. The van der Waals surface area contributed by atoms with Crippen molar-refractivity contribution in [2.45, 2.75) is 25.4 Å². The van der Waals surface area contributed by atoms with Gasteiger partial charge in [-0.25, -0.2) is 19.3 Å². The normalized spacial score (nSPS) is 14.4. The lowest BCUT2D eigenvalue weighted by Gasteiger charge is -2.31. The molecule has 4 heterocycles. The highest BCUT2D eigenvalue weighted by atomic mass is 19.1. The van der Waals surface area contributed by atoms with Crippen LogP contribution in [0.4, 0.5) is 10.2 Å². The van der Waals surface area contributed by atoms with Gasteiger partial charge < -0.3 is 24.9 Å². The Hall–Kier alpha value is -4.28. The number of carbonyl (C=O) groups is 2. The van der Waals surface area contributed by atoms with E-state index in [1.165, 1.54) is 24.3 Å². The molecule has 174 valence electrons. The van der Waals surface area contributed by atoms with Crippen molar-refractivity contribution in [1.82, 2.24) is 30.2 Å². The van der Waals surface area contributed by atoms with E-state index in [0.717, 1.165) is 12.8 Å². The summed E-state index contributed by atoms with van der Waals surface area (Å²) < 4.78 is 18.9. The number of amides is 2. The van der Waals surface area contributed by atoms with Crippen LogP contribution in [0.5, 0.6) is 0 Å². The number of anilines is 1. The number of hydrogen-bond donors (Lipinski definition) is 3. The Labute approximate surface area is 193 Å². The highest BCUT2D eigenvalue weighted by Crippen LogP contribution is 2.20. The molecule has 4 aromatic rings. The fraction of sp³-hybridized carbons (Fsp3) is 0.261.